The molecule has 3 aromatic heterocycles. The van der Waals surface area contributed by atoms with Crippen LogP contribution < -0.4 is 21.3 Å². The van der Waals surface area contributed by atoms with Gasteiger partial charge in [-0.15, -0.1) is 0 Å². The zero-order chi connectivity index (χ0) is 25.1. The summed E-state index contributed by atoms with van der Waals surface area (Å²) in [6, 6.07) is 19.2. The van der Waals surface area contributed by atoms with Crippen LogP contribution >= 0.6 is 0 Å². The van der Waals surface area contributed by atoms with Crippen LogP contribution in [-0.4, -0.2) is 28.0 Å². The second-order valence-electron chi connectivity index (χ2n) is 7.99. The number of benzene rings is 2. The summed E-state index contributed by atoms with van der Waals surface area (Å²) in [5.74, 6) is 5.61. The maximum atomic E-state index is 13.0. The number of aromatic nitrogens is 3. The predicted octanol–water partition coefficient (Wildman–Crippen LogP) is 3.60. The molecule has 0 spiro atoms. The van der Waals surface area contributed by atoms with Crippen molar-refractivity contribution in [1.29, 1.82) is 0 Å². The van der Waals surface area contributed by atoms with Crippen LogP contribution in [0.5, 0.6) is 5.75 Å². The van der Waals surface area contributed by atoms with Gasteiger partial charge in [0.05, 0.1) is 35.8 Å². The molecule has 8 nitrogen and oxygen atoms in total. The molecule has 0 aliphatic heterocycles. The van der Waals surface area contributed by atoms with Gasteiger partial charge in [0.2, 0.25) is 0 Å². The molecule has 0 radical (unpaired) electrons. The smallest absolute Gasteiger partial charge is 0.293 e. The maximum Gasteiger partial charge on any atom is 0.293 e. The van der Waals surface area contributed by atoms with Gasteiger partial charge in [0.15, 0.2) is 0 Å². The number of pyridine rings is 3. The molecule has 0 saturated carbocycles. The van der Waals surface area contributed by atoms with E-state index in [2.05, 4.69) is 27.1 Å². The number of amides is 1. The number of carbonyl (C=O) groups is 1. The number of methoxy groups -OCH3 is 1. The van der Waals surface area contributed by atoms with Gasteiger partial charge in [-0.25, -0.2) is 4.98 Å². The van der Waals surface area contributed by atoms with Crippen LogP contribution in [0.3, 0.4) is 0 Å². The summed E-state index contributed by atoms with van der Waals surface area (Å²) in [7, 11) is 1.62. The van der Waals surface area contributed by atoms with Crippen molar-refractivity contribution in [3.05, 3.63) is 94.7 Å². The van der Waals surface area contributed by atoms with Gasteiger partial charge >= 0.3 is 0 Å². The number of rotatable bonds is 5. The van der Waals surface area contributed by atoms with E-state index in [0.717, 1.165) is 28.0 Å². The van der Waals surface area contributed by atoms with Gasteiger partial charge in [-0.3, -0.25) is 14.6 Å². The average molecular weight is 476 g/mol. The Balaban J connectivity index is 1.74. The Morgan fingerprint density at radius 1 is 1.08 bits per heavy atom. The van der Waals surface area contributed by atoms with Gasteiger partial charge in [0.1, 0.15) is 11.6 Å². The number of hydrogen-bond acceptors (Lipinski definition) is 6. The molecule has 0 aliphatic carbocycles. The van der Waals surface area contributed by atoms with Crippen molar-refractivity contribution >= 4 is 33.4 Å². The van der Waals surface area contributed by atoms with E-state index in [1.165, 1.54) is 6.20 Å². The summed E-state index contributed by atoms with van der Waals surface area (Å²) in [4.78, 5) is 36.1. The molecule has 0 atom stereocenters. The second-order valence-corrected chi connectivity index (χ2v) is 7.99. The Morgan fingerprint density at radius 3 is 2.61 bits per heavy atom. The Bertz CT molecular complexity index is 1720. The van der Waals surface area contributed by atoms with Crippen molar-refractivity contribution in [2.24, 2.45) is 5.73 Å². The van der Waals surface area contributed by atoms with E-state index in [4.69, 9.17) is 15.5 Å². The number of nitrogens with zero attached hydrogens (tertiary/aromatic N) is 2. The number of carbonyl (C=O) groups excluding carboxylic acids is 1. The summed E-state index contributed by atoms with van der Waals surface area (Å²) in [5, 5.41) is 5.17. The van der Waals surface area contributed by atoms with Crippen molar-refractivity contribution < 1.29 is 9.53 Å². The zero-order valence-electron chi connectivity index (χ0n) is 19.3. The number of primary amides is 1. The third-order valence-electron chi connectivity index (χ3n) is 5.74. The molecule has 0 unspecified atom stereocenters. The van der Waals surface area contributed by atoms with E-state index in [1.54, 1.807) is 13.3 Å². The highest BCUT2D eigenvalue weighted by Gasteiger charge is 2.15. The standard InChI is InChI=1S/C28H21N5O3/c1-36-21-9-5-17(6-10-21)18-7-11-22-23(14-18)25-26(19(8-12-24(29)34)15-32-28(25)35)33-27(22)31-16-20-4-2-3-13-30-20/h2-7,9-11,13-15H,16H2,1H3,(H2,29,34)(H,31,33)(H,32,35). The molecule has 5 rings (SSSR count). The molecular formula is C28H21N5O3. The summed E-state index contributed by atoms with van der Waals surface area (Å²) >= 11 is 0. The van der Waals surface area contributed by atoms with Crippen LogP contribution in [0.15, 0.2) is 77.9 Å². The Morgan fingerprint density at radius 2 is 1.89 bits per heavy atom. The van der Waals surface area contributed by atoms with Crippen LogP contribution in [0.4, 0.5) is 5.82 Å². The van der Waals surface area contributed by atoms with Crippen LogP contribution in [-0.2, 0) is 11.3 Å². The molecule has 36 heavy (non-hydrogen) atoms. The number of ether oxygens (including phenoxy) is 1. The van der Waals surface area contributed by atoms with E-state index >= 15 is 0 Å². The first-order valence-corrected chi connectivity index (χ1v) is 11.1. The van der Waals surface area contributed by atoms with E-state index in [0.29, 0.717) is 34.2 Å². The highest BCUT2D eigenvalue weighted by atomic mass is 16.5. The third kappa shape index (κ3) is 4.45. The quantitative estimate of drug-likeness (QED) is 0.264. The molecule has 0 bridgehead atoms. The minimum Gasteiger partial charge on any atom is -0.497 e. The van der Waals surface area contributed by atoms with Crippen molar-refractivity contribution in [1.82, 2.24) is 15.0 Å². The molecule has 3 heterocycles. The van der Waals surface area contributed by atoms with Crippen LogP contribution in [0.1, 0.15) is 11.3 Å². The van der Waals surface area contributed by atoms with Crippen molar-refractivity contribution in [3.8, 4) is 28.7 Å². The van der Waals surface area contributed by atoms with Gasteiger partial charge in [0.25, 0.3) is 11.5 Å². The van der Waals surface area contributed by atoms with Gasteiger partial charge < -0.3 is 20.8 Å². The Kier molecular flexibility index (Phi) is 6.03. The molecule has 176 valence electrons. The highest BCUT2D eigenvalue weighted by molar-refractivity contribution is 6.12. The number of nitrogens with one attached hydrogen (secondary N) is 2. The monoisotopic (exact) mass is 475 g/mol. The van der Waals surface area contributed by atoms with Crippen molar-refractivity contribution in [2.45, 2.75) is 6.54 Å². The van der Waals surface area contributed by atoms with E-state index < -0.39 is 5.91 Å². The molecule has 0 saturated heterocycles. The summed E-state index contributed by atoms with van der Waals surface area (Å²) < 4.78 is 5.27. The van der Waals surface area contributed by atoms with Gasteiger partial charge in [0, 0.05) is 29.1 Å². The number of aromatic amines is 1. The van der Waals surface area contributed by atoms with E-state index in [-0.39, 0.29) is 5.56 Å². The largest absolute Gasteiger partial charge is 0.497 e. The lowest BCUT2D eigenvalue weighted by atomic mass is 9.98. The third-order valence-corrected chi connectivity index (χ3v) is 5.74. The molecule has 1 amide bonds. The molecular weight excluding hydrogens is 454 g/mol. The topological polar surface area (TPSA) is 123 Å². The fraction of sp³-hybridized carbons (Fsp3) is 0.0714. The minimum atomic E-state index is -0.773. The number of H-pyrrole nitrogens is 1. The van der Waals surface area contributed by atoms with Crippen LogP contribution in [0.25, 0.3) is 32.8 Å². The zero-order valence-corrected chi connectivity index (χ0v) is 19.3. The lowest BCUT2D eigenvalue weighted by molar-refractivity contribution is -0.112. The highest BCUT2D eigenvalue weighted by Crippen LogP contribution is 2.33. The number of anilines is 1. The number of nitrogens with two attached hydrogens (primary N) is 1. The predicted molar refractivity (Wildman–Crippen MR) is 139 cm³/mol. The first-order chi connectivity index (χ1) is 17.5. The van der Waals surface area contributed by atoms with E-state index in [9.17, 15) is 9.59 Å². The van der Waals surface area contributed by atoms with Gasteiger partial charge in [-0.2, -0.15) is 0 Å². The van der Waals surface area contributed by atoms with Crippen LogP contribution in [0, 0.1) is 11.8 Å². The molecule has 8 heteroatoms. The first kappa shape index (κ1) is 22.6. The number of fused-ring (bicyclic) bond motifs is 3. The first-order valence-electron chi connectivity index (χ1n) is 11.1. The number of hydrogen-bond donors (Lipinski definition) is 3. The lowest BCUT2D eigenvalue weighted by Crippen LogP contribution is -2.11. The summed E-state index contributed by atoms with van der Waals surface area (Å²) in [5.41, 5.74) is 8.39. The Labute approximate surface area is 206 Å². The van der Waals surface area contributed by atoms with Crippen molar-refractivity contribution in [2.75, 3.05) is 12.4 Å². The lowest BCUT2D eigenvalue weighted by Gasteiger charge is -2.13. The van der Waals surface area contributed by atoms with Gasteiger partial charge in [-0.1, -0.05) is 36.3 Å². The molecule has 4 N–H and O–H groups in total. The average Bonchev–Trinajstić information content (AvgIpc) is 2.91. The fourth-order valence-electron chi connectivity index (χ4n) is 4.02. The molecule has 5 aromatic rings. The maximum absolute atomic E-state index is 13.0. The second kappa shape index (κ2) is 9.60. The van der Waals surface area contributed by atoms with Gasteiger partial charge in [-0.05, 0) is 41.5 Å². The minimum absolute atomic E-state index is 0.310. The van der Waals surface area contributed by atoms with Crippen LogP contribution in [0.2, 0.25) is 0 Å². The fourth-order valence-corrected chi connectivity index (χ4v) is 4.02. The SMILES string of the molecule is COc1ccc(-c2ccc3c(NCc4ccccn4)nc4c(C#CC(N)=O)c[nH]c(=O)c4c3c2)cc1. The van der Waals surface area contributed by atoms with Crippen molar-refractivity contribution in [3.63, 3.8) is 0 Å². The Hall–Kier alpha value is -5.16. The van der Waals surface area contributed by atoms with E-state index in [1.807, 2.05) is 60.7 Å². The molecule has 0 aliphatic rings. The summed E-state index contributed by atoms with van der Waals surface area (Å²) in [6.45, 7) is 0.431. The summed E-state index contributed by atoms with van der Waals surface area (Å²) in [6.07, 6.45) is 3.16. The molecule has 0 fully saturated rings. The normalized spacial score (nSPS) is 10.6. The molecule has 2 aromatic carbocycles.